The van der Waals surface area contributed by atoms with Gasteiger partial charge in [-0.05, 0) is 80.4 Å². The number of nitrogens with one attached hydrogen (secondary N) is 1. The average molecular weight is 524 g/mol. The number of rotatable bonds is 9. The zero-order chi connectivity index (χ0) is 25.7. The third kappa shape index (κ3) is 5.89. The maximum Gasteiger partial charge on any atom is 0.200 e. The lowest BCUT2D eigenvalue weighted by Gasteiger charge is -2.27. The van der Waals surface area contributed by atoms with E-state index in [9.17, 15) is 8.42 Å². The number of sulfone groups is 1. The smallest absolute Gasteiger partial charge is 0.200 e. The fraction of sp³-hybridized carbons (Fsp3) is 0.393. The van der Waals surface area contributed by atoms with Gasteiger partial charge in [-0.15, -0.1) is 0 Å². The number of ether oxygens (including phenoxy) is 3. The predicted octanol–water partition coefficient (Wildman–Crippen LogP) is 4.47. The Labute approximate surface area is 218 Å². The summed E-state index contributed by atoms with van der Waals surface area (Å²) >= 11 is 0. The number of piperidine rings is 1. The van der Waals surface area contributed by atoms with Crippen LogP contribution in [-0.2, 0) is 21.1 Å². The van der Waals surface area contributed by atoms with Gasteiger partial charge >= 0.3 is 0 Å². The van der Waals surface area contributed by atoms with Crippen LogP contribution in [0.25, 0.3) is 0 Å². The number of pyridine rings is 1. The molecule has 5 rings (SSSR count). The van der Waals surface area contributed by atoms with Crippen molar-refractivity contribution in [1.82, 2.24) is 10.3 Å². The molecule has 2 aliphatic heterocycles. The molecule has 2 fully saturated rings. The molecular weight excluding hydrogens is 490 g/mol. The third-order valence-corrected chi connectivity index (χ3v) is 9.15. The van der Waals surface area contributed by atoms with Gasteiger partial charge in [0.1, 0.15) is 0 Å². The van der Waals surface area contributed by atoms with Gasteiger partial charge in [-0.1, -0.05) is 6.07 Å². The van der Waals surface area contributed by atoms with Crippen LogP contribution in [0.5, 0.6) is 11.5 Å². The largest absolute Gasteiger partial charge is 0.493 e. The Morgan fingerprint density at radius 3 is 2.49 bits per heavy atom. The van der Waals surface area contributed by atoms with Gasteiger partial charge in [0, 0.05) is 42.8 Å². The van der Waals surface area contributed by atoms with E-state index in [4.69, 9.17) is 14.2 Å². The van der Waals surface area contributed by atoms with Crippen molar-refractivity contribution in [3.8, 4) is 11.5 Å². The summed E-state index contributed by atoms with van der Waals surface area (Å²) in [5.74, 6) is 1.23. The molecule has 3 aromatic rings. The Kier molecular flexibility index (Phi) is 7.93. The van der Waals surface area contributed by atoms with Gasteiger partial charge in [-0.25, -0.2) is 8.42 Å². The summed E-state index contributed by atoms with van der Waals surface area (Å²) < 4.78 is 43.8. The van der Waals surface area contributed by atoms with E-state index in [2.05, 4.69) is 15.2 Å². The molecule has 1 atom stereocenters. The number of anilines is 2. The minimum atomic E-state index is -3.38. The first kappa shape index (κ1) is 25.5. The first-order chi connectivity index (χ1) is 18.0. The third-order valence-electron chi connectivity index (χ3n) is 6.87. The minimum absolute atomic E-state index is 0.296. The fourth-order valence-corrected chi connectivity index (χ4v) is 6.58. The SMILES string of the molecule is COc1ccc(N(Cc2cccnc2)c2ccc(S(=O)(=O)C3CCNCC3)cc2)cc1OC1CCCO1. The van der Waals surface area contributed by atoms with E-state index in [1.807, 2.05) is 48.7 Å². The molecule has 37 heavy (non-hydrogen) atoms. The molecule has 196 valence electrons. The second-order valence-corrected chi connectivity index (χ2v) is 11.6. The molecule has 0 spiro atoms. The van der Waals surface area contributed by atoms with E-state index in [0.717, 1.165) is 42.9 Å². The highest BCUT2D eigenvalue weighted by Gasteiger charge is 2.29. The molecule has 0 radical (unpaired) electrons. The second-order valence-electron chi connectivity index (χ2n) is 9.33. The van der Waals surface area contributed by atoms with Crippen molar-refractivity contribution in [1.29, 1.82) is 0 Å². The molecule has 1 N–H and O–H groups in total. The van der Waals surface area contributed by atoms with Crippen molar-refractivity contribution in [3.05, 3.63) is 72.6 Å². The van der Waals surface area contributed by atoms with E-state index < -0.39 is 9.84 Å². The van der Waals surface area contributed by atoms with E-state index in [0.29, 0.717) is 42.4 Å². The highest BCUT2D eigenvalue weighted by Crippen LogP contribution is 2.37. The minimum Gasteiger partial charge on any atom is -0.493 e. The molecular formula is C28H33N3O5S. The molecule has 1 unspecified atom stereocenters. The molecule has 9 heteroatoms. The summed E-state index contributed by atoms with van der Waals surface area (Å²) in [6.07, 6.45) is 6.35. The van der Waals surface area contributed by atoms with E-state index in [1.165, 1.54) is 0 Å². The number of benzene rings is 2. The predicted molar refractivity (Wildman–Crippen MR) is 142 cm³/mol. The molecule has 2 aliphatic rings. The van der Waals surface area contributed by atoms with E-state index in [-0.39, 0.29) is 11.5 Å². The number of aromatic nitrogens is 1. The van der Waals surface area contributed by atoms with Gasteiger partial charge in [0.2, 0.25) is 0 Å². The zero-order valence-electron chi connectivity index (χ0n) is 21.0. The first-order valence-corrected chi connectivity index (χ1v) is 14.3. The van der Waals surface area contributed by atoms with Crippen molar-refractivity contribution in [2.45, 2.75) is 48.7 Å². The Bertz CT molecular complexity index is 1270. The topological polar surface area (TPSA) is 90.0 Å². The van der Waals surface area contributed by atoms with Crippen LogP contribution in [0, 0.1) is 0 Å². The van der Waals surface area contributed by atoms with Crippen LogP contribution in [0.2, 0.25) is 0 Å². The molecule has 2 saturated heterocycles. The quantitative estimate of drug-likeness (QED) is 0.440. The first-order valence-electron chi connectivity index (χ1n) is 12.7. The highest BCUT2D eigenvalue weighted by molar-refractivity contribution is 7.92. The van der Waals surface area contributed by atoms with Crippen LogP contribution >= 0.6 is 0 Å². The van der Waals surface area contributed by atoms with Crippen LogP contribution in [-0.4, -0.2) is 51.7 Å². The van der Waals surface area contributed by atoms with Crippen LogP contribution in [0.1, 0.15) is 31.2 Å². The Balaban J connectivity index is 1.47. The fourth-order valence-electron chi connectivity index (χ4n) is 4.83. The lowest BCUT2D eigenvalue weighted by Crippen LogP contribution is -2.35. The number of nitrogens with zero attached hydrogens (tertiary/aromatic N) is 2. The Morgan fingerprint density at radius 1 is 1.03 bits per heavy atom. The summed E-state index contributed by atoms with van der Waals surface area (Å²) in [5, 5.41) is 2.89. The second kappa shape index (κ2) is 11.5. The van der Waals surface area contributed by atoms with E-state index in [1.54, 1.807) is 25.4 Å². The molecule has 3 heterocycles. The highest BCUT2D eigenvalue weighted by atomic mass is 32.2. The number of hydrogen-bond acceptors (Lipinski definition) is 8. The van der Waals surface area contributed by atoms with Crippen LogP contribution in [0.4, 0.5) is 11.4 Å². The van der Waals surface area contributed by atoms with Crippen LogP contribution < -0.4 is 19.7 Å². The van der Waals surface area contributed by atoms with Gasteiger partial charge in [0.15, 0.2) is 27.6 Å². The monoisotopic (exact) mass is 523 g/mol. The Morgan fingerprint density at radius 2 is 1.81 bits per heavy atom. The van der Waals surface area contributed by atoms with Crippen molar-refractivity contribution in [2.75, 3.05) is 31.7 Å². The summed E-state index contributed by atoms with van der Waals surface area (Å²) in [6.45, 7) is 2.69. The molecule has 8 nitrogen and oxygen atoms in total. The van der Waals surface area contributed by atoms with Crippen molar-refractivity contribution < 1.29 is 22.6 Å². The zero-order valence-corrected chi connectivity index (χ0v) is 21.8. The van der Waals surface area contributed by atoms with Gasteiger partial charge in [0.25, 0.3) is 0 Å². The lowest BCUT2D eigenvalue weighted by molar-refractivity contribution is -0.0402. The molecule has 0 bridgehead atoms. The van der Waals surface area contributed by atoms with Crippen molar-refractivity contribution in [2.24, 2.45) is 0 Å². The molecule has 1 aromatic heterocycles. The summed E-state index contributed by atoms with van der Waals surface area (Å²) in [7, 11) is -1.76. The van der Waals surface area contributed by atoms with Gasteiger partial charge in [-0.2, -0.15) is 0 Å². The number of hydrogen-bond donors (Lipinski definition) is 1. The lowest BCUT2D eigenvalue weighted by atomic mass is 10.1. The maximum atomic E-state index is 13.2. The maximum absolute atomic E-state index is 13.2. The van der Waals surface area contributed by atoms with E-state index >= 15 is 0 Å². The van der Waals surface area contributed by atoms with Crippen molar-refractivity contribution in [3.63, 3.8) is 0 Å². The standard InChI is InChI=1S/C28H33N3O5S/c1-34-26-11-8-23(18-27(26)36-28-5-3-17-35-28)31(20-21-4-2-14-30-19-21)22-6-9-24(10-7-22)37(32,33)25-12-15-29-16-13-25/h2,4,6-11,14,18-19,25,28-29H,3,5,12-13,15-17,20H2,1H3. The molecule has 0 saturated carbocycles. The van der Waals surface area contributed by atoms with Crippen LogP contribution in [0.3, 0.4) is 0 Å². The molecule has 0 amide bonds. The molecule has 2 aromatic carbocycles. The average Bonchev–Trinajstić information content (AvgIpc) is 3.46. The van der Waals surface area contributed by atoms with Gasteiger partial charge in [-0.3, -0.25) is 4.98 Å². The number of methoxy groups -OCH3 is 1. The van der Waals surface area contributed by atoms with Crippen LogP contribution in [0.15, 0.2) is 71.9 Å². The van der Waals surface area contributed by atoms with Gasteiger partial charge < -0.3 is 24.4 Å². The van der Waals surface area contributed by atoms with Crippen molar-refractivity contribution >= 4 is 21.2 Å². The Hall–Kier alpha value is -3.14. The normalized spacial score (nSPS) is 18.5. The molecule has 0 aliphatic carbocycles. The summed E-state index contributed by atoms with van der Waals surface area (Å²) in [5.41, 5.74) is 2.76. The summed E-state index contributed by atoms with van der Waals surface area (Å²) in [4.78, 5) is 6.74. The van der Waals surface area contributed by atoms with Gasteiger partial charge in [0.05, 0.1) is 23.9 Å². The summed E-state index contributed by atoms with van der Waals surface area (Å²) in [6, 6.07) is 16.9.